The van der Waals surface area contributed by atoms with Gasteiger partial charge in [0.1, 0.15) is 5.03 Å². The Hall–Kier alpha value is -1.39. The van der Waals surface area contributed by atoms with Crippen LogP contribution in [0.2, 0.25) is 0 Å². The number of aromatic nitrogens is 2. The first kappa shape index (κ1) is 12.6. The van der Waals surface area contributed by atoms with Crippen molar-refractivity contribution < 1.29 is 0 Å². The van der Waals surface area contributed by atoms with Gasteiger partial charge < -0.3 is 5.32 Å². The highest BCUT2D eigenvalue weighted by molar-refractivity contribution is 7.99. The molecule has 0 spiro atoms. The number of aryl methyl sites for hydroxylation is 1. The SMILES string of the molecule is Cc1ccc(Sc2cnccn2)c(CNC2CC2)c1. The van der Waals surface area contributed by atoms with Crippen molar-refractivity contribution in [2.45, 2.75) is 42.3 Å². The Balaban J connectivity index is 1.78. The lowest BCUT2D eigenvalue weighted by Crippen LogP contribution is -2.15. The minimum atomic E-state index is 0.731. The number of hydrogen-bond acceptors (Lipinski definition) is 4. The number of hydrogen-bond donors (Lipinski definition) is 1. The predicted molar refractivity (Wildman–Crippen MR) is 77.2 cm³/mol. The first-order chi connectivity index (χ1) is 9.31. The summed E-state index contributed by atoms with van der Waals surface area (Å²) in [5.74, 6) is 0. The Morgan fingerprint density at radius 1 is 1.32 bits per heavy atom. The molecule has 2 aromatic rings. The first-order valence-electron chi connectivity index (χ1n) is 6.58. The van der Waals surface area contributed by atoms with Gasteiger partial charge in [0.05, 0.1) is 6.20 Å². The molecule has 19 heavy (non-hydrogen) atoms. The van der Waals surface area contributed by atoms with Gasteiger partial charge in [-0.15, -0.1) is 0 Å². The Bertz CT molecular complexity index is 553. The minimum absolute atomic E-state index is 0.731. The van der Waals surface area contributed by atoms with Crippen molar-refractivity contribution in [3.63, 3.8) is 0 Å². The van der Waals surface area contributed by atoms with Gasteiger partial charge in [-0.05, 0) is 31.4 Å². The van der Waals surface area contributed by atoms with E-state index in [0.717, 1.165) is 17.6 Å². The quantitative estimate of drug-likeness (QED) is 0.906. The van der Waals surface area contributed by atoms with Crippen LogP contribution in [0.3, 0.4) is 0 Å². The predicted octanol–water partition coefficient (Wildman–Crippen LogP) is 3.19. The average molecular weight is 271 g/mol. The summed E-state index contributed by atoms with van der Waals surface area (Å²) < 4.78 is 0. The zero-order valence-corrected chi connectivity index (χ0v) is 11.8. The number of nitrogens with one attached hydrogen (secondary N) is 1. The molecule has 0 aliphatic heterocycles. The van der Waals surface area contributed by atoms with Crippen LogP contribution in [0.15, 0.2) is 46.7 Å². The molecule has 3 nitrogen and oxygen atoms in total. The lowest BCUT2D eigenvalue weighted by molar-refractivity contribution is 0.680. The van der Waals surface area contributed by atoms with Crippen molar-refractivity contribution in [3.05, 3.63) is 47.9 Å². The summed E-state index contributed by atoms with van der Waals surface area (Å²) in [6.07, 6.45) is 7.88. The fourth-order valence-corrected chi connectivity index (χ4v) is 2.79. The molecule has 0 amide bonds. The molecule has 1 N–H and O–H groups in total. The maximum Gasteiger partial charge on any atom is 0.119 e. The molecule has 0 unspecified atom stereocenters. The van der Waals surface area contributed by atoms with Crippen LogP contribution in [-0.2, 0) is 6.54 Å². The van der Waals surface area contributed by atoms with Crippen molar-refractivity contribution >= 4 is 11.8 Å². The van der Waals surface area contributed by atoms with E-state index in [4.69, 9.17) is 0 Å². The standard InChI is InChI=1S/C15H17N3S/c1-11-2-5-14(19-15-10-16-6-7-17-15)12(8-11)9-18-13-3-4-13/h2,5-8,10,13,18H,3-4,9H2,1H3. The van der Waals surface area contributed by atoms with Crippen molar-refractivity contribution in [3.8, 4) is 0 Å². The molecule has 1 saturated carbocycles. The Labute approximate surface area is 117 Å². The normalized spacial score (nSPS) is 14.6. The fourth-order valence-electron chi connectivity index (χ4n) is 1.94. The molecule has 0 saturated heterocycles. The van der Waals surface area contributed by atoms with Crippen molar-refractivity contribution in [1.29, 1.82) is 0 Å². The minimum Gasteiger partial charge on any atom is -0.310 e. The largest absolute Gasteiger partial charge is 0.310 e. The van der Waals surface area contributed by atoms with E-state index in [1.807, 2.05) is 6.20 Å². The molecule has 1 aromatic carbocycles. The Morgan fingerprint density at radius 2 is 2.21 bits per heavy atom. The number of benzene rings is 1. The van der Waals surface area contributed by atoms with E-state index in [-0.39, 0.29) is 0 Å². The summed E-state index contributed by atoms with van der Waals surface area (Å²) in [5, 5.41) is 4.52. The molecule has 1 aromatic heterocycles. The van der Waals surface area contributed by atoms with E-state index in [0.29, 0.717) is 0 Å². The van der Waals surface area contributed by atoms with Crippen molar-refractivity contribution in [2.24, 2.45) is 0 Å². The lowest BCUT2D eigenvalue weighted by atomic mass is 10.1. The first-order valence-corrected chi connectivity index (χ1v) is 7.40. The summed E-state index contributed by atoms with van der Waals surface area (Å²) >= 11 is 1.68. The highest BCUT2D eigenvalue weighted by atomic mass is 32.2. The maximum atomic E-state index is 4.33. The highest BCUT2D eigenvalue weighted by Gasteiger charge is 2.20. The maximum absolute atomic E-state index is 4.33. The zero-order valence-electron chi connectivity index (χ0n) is 11.0. The van der Waals surface area contributed by atoms with Gasteiger partial charge >= 0.3 is 0 Å². The van der Waals surface area contributed by atoms with E-state index in [9.17, 15) is 0 Å². The smallest absolute Gasteiger partial charge is 0.119 e. The molecule has 0 atom stereocenters. The van der Waals surface area contributed by atoms with Gasteiger partial charge in [-0.25, -0.2) is 4.98 Å². The van der Waals surface area contributed by atoms with Crippen LogP contribution >= 0.6 is 11.8 Å². The lowest BCUT2D eigenvalue weighted by Gasteiger charge is -2.10. The summed E-state index contributed by atoms with van der Waals surface area (Å²) in [4.78, 5) is 9.70. The van der Waals surface area contributed by atoms with E-state index in [1.165, 1.54) is 28.9 Å². The van der Waals surface area contributed by atoms with Crippen LogP contribution in [0.4, 0.5) is 0 Å². The molecule has 0 radical (unpaired) electrons. The molecule has 1 fully saturated rings. The second-order valence-corrected chi connectivity index (χ2v) is 5.97. The van der Waals surface area contributed by atoms with Crippen LogP contribution < -0.4 is 5.32 Å². The third kappa shape index (κ3) is 3.55. The Kier molecular flexibility index (Phi) is 3.80. The van der Waals surface area contributed by atoms with E-state index >= 15 is 0 Å². The van der Waals surface area contributed by atoms with Crippen LogP contribution in [0.5, 0.6) is 0 Å². The second-order valence-electron chi connectivity index (χ2n) is 4.91. The van der Waals surface area contributed by atoms with Gasteiger partial charge in [-0.1, -0.05) is 29.5 Å². The molecule has 98 valence electrons. The van der Waals surface area contributed by atoms with E-state index < -0.39 is 0 Å². The Morgan fingerprint density at radius 3 is 2.95 bits per heavy atom. The molecule has 1 aliphatic carbocycles. The molecular weight excluding hydrogens is 254 g/mol. The molecule has 0 bridgehead atoms. The van der Waals surface area contributed by atoms with Crippen molar-refractivity contribution in [1.82, 2.24) is 15.3 Å². The van der Waals surface area contributed by atoms with E-state index in [2.05, 4.69) is 40.4 Å². The number of nitrogens with zero attached hydrogens (tertiary/aromatic N) is 2. The third-order valence-corrected chi connectivity index (χ3v) is 4.17. The van der Waals surface area contributed by atoms with Gasteiger partial charge in [0.25, 0.3) is 0 Å². The molecule has 3 rings (SSSR count). The average Bonchev–Trinajstić information content (AvgIpc) is 3.24. The molecule has 1 aliphatic rings. The second kappa shape index (κ2) is 5.72. The third-order valence-electron chi connectivity index (χ3n) is 3.13. The van der Waals surface area contributed by atoms with Crippen LogP contribution in [0.1, 0.15) is 24.0 Å². The van der Waals surface area contributed by atoms with Gasteiger partial charge in [0, 0.05) is 29.9 Å². The monoisotopic (exact) mass is 271 g/mol. The summed E-state index contributed by atoms with van der Waals surface area (Å²) in [6, 6.07) is 7.32. The summed E-state index contributed by atoms with van der Waals surface area (Å²) in [7, 11) is 0. The molecule has 1 heterocycles. The van der Waals surface area contributed by atoms with Gasteiger partial charge in [-0.2, -0.15) is 0 Å². The highest BCUT2D eigenvalue weighted by Crippen LogP contribution is 2.30. The summed E-state index contributed by atoms with van der Waals surface area (Å²) in [5.41, 5.74) is 2.65. The summed E-state index contributed by atoms with van der Waals surface area (Å²) in [6.45, 7) is 3.08. The van der Waals surface area contributed by atoms with Crippen LogP contribution in [0.25, 0.3) is 0 Å². The van der Waals surface area contributed by atoms with E-state index in [1.54, 1.807) is 24.2 Å². The van der Waals surface area contributed by atoms with Gasteiger partial charge in [-0.3, -0.25) is 4.98 Å². The molecular formula is C15H17N3S. The zero-order chi connectivity index (χ0) is 13.1. The van der Waals surface area contributed by atoms with Crippen molar-refractivity contribution in [2.75, 3.05) is 0 Å². The topological polar surface area (TPSA) is 37.8 Å². The van der Waals surface area contributed by atoms with Crippen LogP contribution in [-0.4, -0.2) is 16.0 Å². The number of rotatable bonds is 5. The fraction of sp³-hybridized carbons (Fsp3) is 0.333. The molecule has 4 heteroatoms. The van der Waals surface area contributed by atoms with Crippen LogP contribution in [0, 0.1) is 6.92 Å². The van der Waals surface area contributed by atoms with Gasteiger partial charge in [0.2, 0.25) is 0 Å². The van der Waals surface area contributed by atoms with Gasteiger partial charge in [0.15, 0.2) is 0 Å².